The Morgan fingerprint density at radius 3 is 2.41 bits per heavy atom. The molecule has 158 valence electrons. The topological polar surface area (TPSA) is 57.5 Å². The van der Waals surface area contributed by atoms with E-state index in [-0.39, 0.29) is 30.1 Å². The summed E-state index contributed by atoms with van der Waals surface area (Å²) < 4.78 is 0. The van der Waals surface area contributed by atoms with Gasteiger partial charge in [-0.1, -0.05) is 49.0 Å². The zero-order valence-electron chi connectivity index (χ0n) is 17.4. The Morgan fingerprint density at radius 2 is 1.78 bits per heavy atom. The van der Waals surface area contributed by atoms with E-state index in [4.69, 9.17) is 0 Å². The van der Waals surface area contributed by atoms with Crippen LogP contribution in [0.5, 0.6) is 0 Å². The van der Waals surface area contributed by atoms with Crippen molar-refractivity contribution in [3.8, 4) is 0 Å². The number of aliphatic hydroxyl groups excluding tert-OH is 1. The summed E-state index contributed by atoms with van der Waals surface area (Å²) >= 11 is 1.98. The van der Waals surface area contributed by atoms with Crippen molar-refractivity contribution < 1.29 is 15.0 Å². The van der Waals surface area contributed by atoms with Gasteiger partial charge in [0.2, 0.25) is 0 Å². The predicted octanol–water partition coefficient (Wildman–Crippen LogP) is 5.08. The number of hydrogen-bond acceptors (Lipinski definition) is 4. The monoisotopic (exact) mass is 398 g/mol. The van der Waals surface area contributed by atoms with Gasteiger partial charge in [0.25, 0.3) is 0 Å². The SMILES string of the molecule is C.CC.CC1SC2C3C(CCC2(C)C1O)C1(C)CCC(=O)CC1(O)C[C@@H]3C. The Balaban J connectivity index is 0.000000844. The van der Waals surface area contributed by atoms with Crippen LogP contribution in [-0.4, -0.2) is 38.2 Å². The van der Waals surface area contributed by atoms with Crippen LogP contribution < -0.4 is 0 Å². The summed E-state index contributed by atoms with van der Waals surface area (Å²) in [6.07, 6.45) is 4.47. The first-order chi connectivity index (χ1) is 12.1. The Kier molecular flexibility index (Phi) is 6.58. The minimum Gasteiger partial charge on any atom is -0.391 e. The first-order valence-corrected chi connectivity index (χ1v) is 11.6. The molecular weight excluding hydrogens is 356 g/mol. The zero-order valence-corrected chi connectivity index (χ0v) is 18.2. The Hall–Kier alpha value is -0.0600. The summed E-state index contributed by atoms with van der Waals surface area (Å²) in [7, 11) is 0. The van der Waals surface area contributed by atoms with Gasteiger partial charge < -0.3 is 10.2 Å². The Bertz CT molecular complexity index is 566. The molecule has 9 atom stereocenters. The van der Waals surface area contributed by atoms with E-state index in [1.54, 1.807) is 0 Å². The number of ketones is 1. The lowest BCUT2D eigenvalue weighted by Crippen LogP contribution is -2.65. The van der Waals surface area contributed by atoms with Gasteiger partial charge in [0, 0.05) is 34.2 Å². The lowest BCUT2D eigenvalue weighted by Gasteiger charge is -2.64. The predicted molar refractivity (Wildman–Crippen MR) is 115 cm³/mol. The summed E-state index contributed by atoms with van der Waals surface area (Å²) in [5.74, 6) is 1.67. The molecule has 4 rings (SSSR count). The number of aliphatic hydroxyl groups is 2. The molecule has 0 radical (unpaired) electrons. The molecule has 1 aliphatic heterocycles. The average Bonchev–Trinajstić information content (AvgIpc) is 2.82. The van der Waals surface area contributed by atoms with Crippen molar-refractivity contribution in [2.24, 2.45) is 28.6 Å². The van der Waals surface area contributed by atoms with Crippen molar-refractivity contribution in [3.63, 3.8) is 0 Å². The second kappa shape index (κ2) is 7.65. The van der Waals surface area contributed by atoms with E-state index in [1.165, 1.54) is 0 Å². The Morgan fingerprint density at radius 1 is 1.15 bits per heavy atom. The van der Waals surface area contributed by atoms with Crippen LogP contribution in [0.25, 0.3) is 0 Å². The molecule has 0 bridgehead atoms. The number of hydrogen-bond donors (Lipinski definition) is 2. The fourth-order valence-electron chi connectivity index (χ4n) is 7.05. The molecule has 0 aromatic heterocycles. The average molecular weight is 399 g/mol. The number of Topliss-reactive ketones (excluding diaryl/α,β-unsaturated/α-hetero) is 1. The molecule has 4 heteroatoms. The van der Waals surface area contributed by atoms with Gasteiger partial charge in [0.1, 0.15) is 5.78 Å². The van der Waals surface area contributed by atoms with Gasteiger partial charge in [0.15, 0.2) is 0 Å². The van der Waals surface area contributed by atoms with Crippen LogP contribution in [-0.2, 0) is 4.79 Å². The molecule has 0 amide bonds. The molecule has 3 aliphatic carbocycles. The van der Waals surface area contributed by atoms with E-state index >= 15 is 0 Å². The zero-order chi connectivity index (χ0) is 19.5. The van der Waals surface area contributed by atoms with Crippen molar-refractivity contribution >= 4 is 17.5 Å². The minimum atomic E-state index is -0.815. The maximum Gasteiger partial charge on any atom is 0.135 e. The van der Waals surface area contributed by atoms with E-state index in [1.807, 2.05) is 25.6 Å². The molecule has 8 unspecified atom stereocenters. The van der Waals surface area contributed by atoms with Crippen molar-refractivity contribution in [2.75, 3.05) is 0 Å². The highest BCUT2D eigenvalue weighted by Gasteiger charge is 2.67. The summed E-state index contributed by atoms with van der Waals surface area (Å²) in [6.45, 7) is 13.0. The molecule has 0 spiro atoms. The summed E-state index contributed by atoms with van der Waals surface area (Å²) in [5, 5.41) is 23.0. The van der Waals surface area contributed by atoms with Crippen LogP contribution >= 0.6 is 11.8 Å². The second-order valence-corrected chi connectivity index (χ2v) is 11.3. The van der Waals surface area contributed by atoms with E-state index in [9.17, 15) is 15.0 Å². The third-order valence-electron chi connectivity index (χ3n) is 8.55. The van der Waals surface area contributed by atoms with E-state index in [0.29, 0.717) is 41.1 Å². The quantitative estimate of drug-likeness (QED) is 0.598. The van der Waals surface area contributed by atoms with Crippen LogP contribution in [0.4, 0.5) is 0 Å². The third kappa shape index (κ3) is 3.13. The Labute approximate surface area is 171 Å². The standard InChI is InChI=1S/C20H32O3S.C2H6.CH4/c1-11-9-20(23)10-13(21)5-8-19(20,4)14-6-7-18(3)16(22)12(2)24-17(18)15(11)14;1-2;/h11-12,14-17,22-23H,5-10H2,1-4H3;1-2H3;1H4/t11-,12?,14?,15?,16?,17?,18?,19?,20?;;/m0../s1. The molecule has 0 aromatic carbocycles. The largest absolute Gasteiger partial charge is 0.391 e. The van der Waals surface area contributed by atoms with Gasteiger partial charge in [-0.25, -0.2) is 0 Å². The van der Waals surface area contributed by atoms with Gasteiger partial charge in [-0.3, -0.25) is 4.79 Å². The van der Waals surface area contributed by atoms with Gasteiger partial charge in [-0.2, -0.15) is 11.8 Å². The lowest BCUT2D eigenvalue weighted by molar-refractivity contribution is -0.208. The third-order valence-corrected chi connectivity index (χ3v) is 10.4. The molecule has 0 aromatic rings. The highest BCUT2D eigenvalue weighted by molar-refractivity contribution is 8.00. The molecular formula is C23H42O3S. The first kappa shape index (κ1) is 23.2. The maximum atomic E-state index is 12.1. The molecule has 4 fully saturated rings. The summed E-state index contributed by atoms with van der Waals surface area (Å²) in [4.78, 5) is 12.1. The molecule has 1 saturated heterocycles. The van der Waals surface area contributed by atoms with Crippen molar-refractivity contribution in [2.45, 2.75) is 110 Å². The molecule has 27 heavy (non-hydrogen) atoms. The fraction of sp³-hybridized carbons (Fsp3) is 0.957. The van der Waals surface area contributed by atoms with Gasteiger partial charge >= 0.3 is 0 Å². The smallest absolute Gasteiger partial charge is 0.135 e. The van der Waals surface area contributed by atoms with Crippen molar-refractivity contribution in [3.05, 3.63) is 0 Å². The van der Waals surface area contributed by atoms with Crippen LogP contribution in [0.1, 0.15) is 87.5 Å². The normalized spacial score (nSPS) is 53.9. The van der Waals surface area contributed by atoms with Crippen LogP contribution in [0.3, 0.4) is 0 Å². The lowest BCUT2D eigenvalue weighted by atomic mass is 9.43. The van der Waals surface area contributed by atoms with Crippen LogP contribution in [0.2, 0.25) is 0 Å². The van der Waals surface area contributed by atoms with Crippen molar-refractivity contribution in [1.29, 1.82) is 0 Å². The molecule has 2 N–H and O–H groups in total. The van der Waals surface area contributed by atoms with E-state index < -0.39 is 5.60 Å². The van der Waals surface area contributed by atoms with Gasteiger partial charge in [0.05, 0.1) is 11.7 Å². The molecule has 3 saturated carbocycles. The van der Waals surface area contributed by atoms with E-state index in [2.05, 4.69) is 27.7 Å². The summed E-state index contributed by atoms with van der Waals surface area (Å²) in [6, 6.07) is 0. The van der Waals surface area contributed by atoms with Gasteiger partial charge in [-0.05, 0) is 43.4 Å². The second-order valence-electron chi connectivity index (χ2n) is 9.78. The van der Waals surface area contributed by atoms with Gasteiger partial charge in [-0.15, -0.1) is 0 Å². The number of rotatable bonds is 0. The van der Waals surface area contributed by atoms with Crippen molar-refractivity contribution in [1.82, 2.24) is 0 Å². The fourth-order valence-corrected chi connectivity index (χ4v) is 9.18. The minimum absolute atomic E-state index is 0. The molecule has 1 heterocycles. The maximum absolute atomic E-state index is 12.1. The van der Waals surface area contributed by atoms with E-state index in [0.717, 1.165) is 25.7 Å². The van der Waals surface area contributed by atoms with Crippen LogP contribution in [0.15, 0.2) is 0 Å². The highest BCUT2D eigenvalue weighted by atomic mass is 32.2. The number of thioether (sulfide) groups is 1. The van der Waals surface area contributed by atoms with Crippen LogP contribution in [0, 0.1) is 28.6 Å². The number of carbonyl (C=O) groups is 1. The first-order valence-electron chi connectivity index (χ1n) is 10.7. The number of fused-ring (bicyclic) bond motifs is 5. The molecule has 3 nitrogen and oxygen atoms in total. The number of carbonyl (C=O) groups excluding carboxylic acids is 1. The highest BCUT2D eigenvalue weighted by Crippen LogP contribution is 2.68. The molecule has 4 aliphatic rings. The summed E-state index contributed by atoms with van der Waals surface area (Å²) in [5.41, 5.74) is -0.948.